The Morgan fingerprint density at radius 3 is 2.30 bits per heavy atom. The van der Waals surface area contributed by atoms with Gasteiger partial charge in [-0.05, 0) is 56.4 Å². The number of halogens is 3. The number of nitrogens with one attached hydrogen (secondary N) is 1. The van der Waals surface area contributed by atoms with Crippen molar-refractivity contribution in [2.75, 3.05) is 17.1 Å². The number of alkyl halides is 3. The molecule has 2 aromatic rings. The number of amides is 2. The van der Waals surface area contributed by atoms with Crippen molar-refractivity contribution < 1.29 is 31.2 Å². The summed E-state index contributed by atoms with van der Waals surface area (Å²) >= 11 is 0. The number of rotatable bonds is 12. The molecule has 0 spiro atoms. The first-order valence-corrected chi connectivity index (χ1v) is 15.4. The Balaban J connectivity index is 1.77. The molecule has 1 fully saturated rings. The minimum absolute atomic E-state index is 0.0627. The van der Waals surface area contributed by atoms with E-state index in [2.05, 4.69) is 5.32 Å². The van der Waals surface area contributed by atoms with Crippen LogP contribution in [0, 0.1) is 6.92 Å². The second kappa shape index (κ2) is 13.5. The minimum atomic E-state index is -4.63. The van der Waals surface area contributed by atoms with Crippen molar-refractivity contribution in [1.82, 2.24) is 10.2 Å². The molecule has 1 aliphatic rings. The van der Waals surface area contributed by atoms with Crippen LogP contribution in [0.15, 0.2) is 48.5 Å². The zero-order valence-electron chi connectivity index (χ0n) is 23.2. The first kappa shape index (κ1) is 31.4. The highest BCUT2D eigenvalue weighted by Gasteiger charge is 2.33. The van der Waals surface area contributed by atoms with Gasteiger partial charge < -0.3 is 10.2 Å². The zero-order chi connectivity index (χ0) is 29.5. The molecular weight excluding hydrogens is 543 g/mol. The van der Waals surface area contributed by atoms with E-state index in [4.69, 9.17) is 0 Å². The Kier molecular flexibility index (Phi) is 10.6. The highest BCUT2D eigenvalue weighted by molar-refractivity contribution is 7.92. The maximum absolute atomic E-state index is 13.5. The van der Waals surface area contributed by atoms with E-state index in [1.54, 1.807) is 0 Å². The Morgan fingerprint density at radius 2 is 1.73 bits per heavy atom. The van der Waals surface area contributed by atoms with Gasteiger partial charge in [0.25, 0.3) is 0 Å². The molecule has 3 rings (SSSR count). The molecule has 0 radical (unpaired) electrons. The number of carbonyl (C=O) groups excluding carboxylic acids is 2. The van der Waals surface area contributed by atoms with E-state index in [9.17, 15) is 31.2 Å². The molecule has 40 heavy (non-hydrogen) atoms. The number of carbonyl (C=O) groups is 2. The largest absolute Gasteiger partial charge is 0.416 e. The van der Waals surface area contributed by atoms with E-state index >= 15 is 0 Å². The van der Waals surface area contributed by atoms with Crippen LogP contribution < -0.4 is 9.62 Å². The van der Waals surface area contributed by atoms with E-state index in [-0.39, 0.29) is 49.5 Å². The molecule has 1 aliphatic carbocycles. The predicted octanol–water partition coefficient (Wildman–Crippen LogP) is 5.43. The van der Waals surface area contributed by atoms with Gasteiger partial charge in [0.15, 0.2) is 0 Å². The molecule has 220 valence electrons. The lowest BCUT2D eigenvalue weighted by molar-refractivity contribution is -0.141. The van der Waals surface area contributed by atoms with Crippen LogP contribution in [0.2, 0.25) is 0 Å². The van der Waals surface area contributed by atoms with Crippen molar-refractivity contribution >= 4 is 27.5 Å². The van der Waals surface area contributed by atoms with E-state index < -0.39 is 27.8 Å². The van der Waals surface area contributed by atoms with E-state index in [0.717, 1.165) is 65.6 Å². The van der Waals surface area contributed by atoms with Gasteiger partial charge in [-0.15, -0.1) is 0 Å². The first-order valence-electron chi connectivity index (χ1n) is 13.6. The summed E-state index contributed by atoms with van der Waals surface area (Å²) in [7, 11) is -3.92. The summed E-state index contributed by atoms with van der Waals surface area (Å²) in [5.74, 6) is -0.539. The minimum Gasteiger partial charge on any atom is -0.352 e. The van der Waals surface area contributed by atoms with Gasteiger partial charge in [0.2, 0.25) is 21.8 Å². The third kappa shape index (κ3) is 8.71. The molecule has 0 unspecified atom stereocenters. The molecule has 11 heteroatoms. The fraction of sp³-hybridized carbons (Fsp3) is 0.517. The van der Waals surface area contributed by atoms with Crippen molar-refractivity contribution in [1.29, 1.82) is 0 Å². The van der Waals surface area contributed by atoms with Crippen LogP contribution in [0.5, 0.6) is 0 Å². The number of aryl methyl sites for hydroxylation is 1. The molecule has 7 nitrogen and oxygen atoms in total. The predicted molar refractivity (Wildman–Crippen MR) is 149 cm³/mol. The van der Waals surface area contributed by atoms with Gasteiger partial charge in [0.05, 0.1) is 17.5 Å². The maximum Gasteiger partial charge on any atom is 0.416 e. The normalized spacial score (nSPS) is 15.1. The Bertz CT molecular complexity index is 1260. The summed E-state index contributed by atoms with van der Waals surface area (Å²) in [5, 5.41) is 3.08. The third-order valence-corrected chi connectivity index (χ3v) is 8.37. The summed E-state index contributed by atoms with van der Waals surface area (Å²) in [6, 6.07) is 11.1. The van der Waals surface area contributed by atoms with Crippen LogP contribution in [0.25, 0.3) is 0 Å². The zero-order valence-corrected chi connectivity index (χ0v) is 24.0. The SMILES string of the molecule is CC[C@H](C(=O)NC1CCCC1)N(Cc1ccc(C)cc1)C(=O)CCCN(c1cccc(C(F)(F)F)c1)S(C)(=O)=O. The molecule has 2 aromatic carbocycles. The van der Waals surface area contributed by atoms with Crippen molar-refractivity contribution in [2.45, 2.75) is 83.6 Å². The average molecular weight is 582 g/mol. The molecule has 0 saturated heterocycles. The third-order valence-electron chi connectivity index (χ3n) is 7.17. The van der Waals surface area contributed by atoms with Gasteiger partial charge in [0.1, 0.15) is 6.04 Å². The van der Waals surface area contributed by atoms with Gasteiger partial charge in [-0.2, -0.15) is 13.2 Å². The average Bonchev–Trinajstić information content (AvgIpc) is 3.39. The lowest BCUT2D eigenvalue weighted by atomic mass is 10.1. The summed E-state index contributed by atoms with van der Waals surface area (Å²) in [5.41, 5.74) is 0.831. The smallest absolute Gasteiger partial charge is 0.352 e. The number of hydrogen-bond acceptors (Lipinski definition) is 4. The molecule has 0 bridgehead atoms. The lowest BCUT2D eigenvalue weighted by Gasteiger charge is -2.32. The van der Waals surface area contributed by atoms with Crippen LogP contribution in [-0.4, -0.2) is 50.0 Å². The van der Waals surface area contributed by atoms with Gasteiger partial charge in [0, 0.05) is 25.6 Å². The number of sulfonamides is 1. The maximum atomic E-state index is 13.5. The van der Waals surface area contributed by atoms with Crippen LogP contribution in [0.3, 0.4) is 0 Å². The van der Waals surface area contributed by atoms with E-state index in [0.29, 0.717) is 6.42 Å². The van der Waals surface area contributed by atoms with Crippen molar-refractivity contribution in [3.63, 3.8) is 0 Å². The molecule has 0 aromatic heterocycles. The Hall–Kier alpha value is -3.08. The molecule has 1 atom stereocenters. The fourth-order valence-corrected chi connectivity index (χ4v) is 5.98. The Labute approximate surface area is 234 Å². The van der Waals surface area contributed by atoms with Crippen LogP contribution in [-0.2, 0) is 32.3 Å². The van der Waals surface area contributed by atoms with Gasteiger partial charge in [-0.25, -0.2) is 8.42 Å². The van der Waals surface area contributed by atoms with E-state index in [1.165, 1.54) is 11.0 Å². The number of benzene rings is 2. The molecule has 2 amide bonds. The number of anilines is 1. The fourth-order valence-electron chi connectivity index (χ4n) is 5.02. The summed E-state index contributed by atoms with van der Waals surface area (Å²) < 4.78 is 65.5. The van der Waals surface area contributed by atoms with Gasteiger partial charge >= 0.3 is 6.18 Å². The van der Waals surface area contributed by atoms with E-state index in [1.807, 2.05) is 38.1 Å². The quantitative estimate of drug-likeness (QED) is 0.362. The number of nitrogens with zero attached hydrogens (tertiary/aromatic N) is 2. The van der Waals surface area contributed by atoms with Crippen molar-refractivity contribution in [3.8, 4) is 0 Å². The molecular formula is C29H38F3N3O4S. The molecule has 0 heterocycles. The summed E-state index contributed by atoms with van der Waals surface area (Å²) in [6.07, 6.45) is 0.592. The van der Waals surface area contributed by atoms with Crippen LogP contribution in [0.1, 0.15) is 68.6 Å². The topological polar surface area (TPSA) is 86.8 Å². The van der Waals surface area contributed by atoms with Crippen molar-refractivity contribution in [3.05, 3.63) is 65.2 Å². The second-order valence-electron chi connectivity index (χ2n) is 10.4. The lowest BCUT2D eigenvalue weighted by Crippen LogP contribution is -2.51. The highest BCUT2D eigenvalue weighted by Crippen LogP contribution is 2.32. The number of hydrogen-bond donors (Lipinski definition) is 1. The van der Waals surface area contributed by atoms with Gasteiger partial charge in [-0.3, -0.25) is 13.9 Å². The standard InChI is InChI=1S/C29H38F3N3O4S/c1-4-26(28(37)33-24-10-5-6-11-24)34(20-22-16-14-21(2)15-17-22)27(36)13-8-18-35(40(3,38)39)25-12-7-9-23(19-25)29(30,31)32/h7,9,12,14-17,19,24,26H,4-6,8,10-11,13,18,20H2,1-3H3,(H,33,37)/t26-/m1/s1. The molecule has 1 N–H and O–H groups in total. The Morgan fingerprint density at radius 1 is 1.07 bits per heavy atom. The first-order chi connectivity index (χ1) is 18.8. The van der Waals surface area contributed by atoms with Crippen molar-refractivity contribution in [2.24, 2.45) is 0 Å². The summed E-state index contributed by atoms with van der Waals surface area (Å²) in [6.45, 7) is 3.82. The van der Waals surface area contributed by atoms with Gasteiger partial charge in [-0.1, -0.05) is 55.7 Å². The molecule has 1 saturated carbocycles. The van der Waals surface area contributed by atoms with Crippen LogP contribution in [0.4, 0.5) is 18.9 Å². The van der Waals surface area contributed by atoms with Crippen LogP contribution >= 0.6 is 0 Å². The highest BCUT2D eigenvalue weighted by atomic mass is 32.2. The second-order valence-corrected chi connectivity index (χ2v) is 12.3. The monoisotopic (exact) mass is 581 g/mol. The molecule has 0 aliphatic heterocycles. The summed E-state index contributed by atoms with van der Waals surface area (Å²) in [4.78, 5) is 28.3.